The molecule has 0 atom stereocenters. The van der Waals surface area contributed by atoms with E-state index in [-0.39, 0.29) is 29.7 Å². The van der Waals surface area contributed by atoms with Crippen LogP contribution >= 0.6 is 0 Å². The standard InChI is InChI=1S/C19H18F3N3O3S/c20-19(21,22)13-5-7-15(8-6-13)29(27,28)24-11-9-14(10-12-24)25-17-4-2-1-3-16(17)23-18(25)26/h1-8,14H,9-12H2,(H,23,26). The number of nitrogens with zero attached hydrogens (tertiary/aromatic N) is 2. The predicted molar refractivity (Wildman–Crippen MR) is 101 cm³/mol. The van der Waals surface area contributed by atoms with Crippen molar-refractivity contribution in [2.24, 2.45) is 0 Å². The number of imidazole rings is 1. The monoisotopic (exact) mass is 425 g/mol. The minimum atomic E-state index is -4.52. The van der Waals surface area contributed by atoms with E-state index in [9.17, 15) is 26.4 Å². The van der Waals surface area contributed by atoms with Gasteiger partial charge in [0, 0.05) is 19.1 Å². The topological polar surface area (TPSA) is 75.2 Å². The molecule has 1 N–H and O–H groups in total. The first-order chi connectivity index (χ1) is 13.7. The molecular weight excluding hydrogens is 407 g/mol. The van der Waals surface area contributed by atoms with E-state index >= 15 is 0 Å². The Hall–Kier alpha value is -2.59. The lowest BCUT2D eigenvalue weighted by Gasteiger charge is -2.31. The summed E-state index contributed by atoms with van der Waals surface area (Å²) in [5.74, 6) is 0. The first kappa shape index (κ1) is 19.7. The highest BCUT2D eigenvalue weighted by Gasteiger charge is 2.33. The van der Waals surface area contributed by atoms with Crippen LogP contribution < -0.4 is 5.69 Å². The van der Waals surface area contributed by atoms with E-state index in [0.29, 0.717) is 12.8 Å². The van der Waals surface area contributed by atoms with Crippen molar-refractivity contribution in [2.45, 2.75) is 30.0 Å². The van der Waals surface area contributed by atoms with Gasteiger partial charge in [-0.2, -0.15) is 17.5 Å². The Balaban J connectivity index is 1.53. The molecule has 0 amide bonds. The summed E-state index contributed by atoms with van der Waals surface area (Å²) in [4.78, 5) is 15.0. The van der Waals surface area contributed by atoms with Crippen LogP contribution in [0.25, 0.3) is 11.0 Å². The number of aromatic nitrogens is 2. The van der Waals surface area contributed by atoms with E-state index in [0.717, 1.165) is 35.3 Å². The summed E-state index contributed by atoms with van der Waals surface area (Å²) in [5.41, 5.74) is 0.350. The van der Waals surface area contributed by atoms with Crippen molar-refractivity contribution in [1.82, 2.24) is 13.9 Å². The number of rotatable bonds is 3. The van der Waals surface area contributed by atoms with Gasteiger partial charge in [-0.15, -0.1) is 0 Å². The van der Waals surface area contributed by atoms with Crippen LogP contribution in [0.1, 0.15) is 24.4 Å². The number of hydrogen-bond donors (Lipinski definition) is 1. The molecule has 0 radical (unpaired) electrons. The van der Waals surface area contributed by atoms with E-state index in [2.05, 4.69) is 4.98 Å². The third-order valence-corrected chi connectivity index (χ3v) is 7.14. The number of fused-ring (bicyclic) bond motifs is 1. The van der Waals surface area contributed by atoms with Gasteiger partial charge in [0.05, 0.1) is 21.5 Å². The Morgan fingerprint density at radius 1 is 0.966 bits per heavy atom. The molecule has 0 saturated carbocycles. The largest absolute Gasteiger partial charge is 0.416 e. The van der Waals surface area contributed by atoms with Gasteiger partial charge >= 0.3 is 11.9 Å². The Morgan fingerprint density at radius 3 is 2.21 bits per heavy atom. The zero-order valence-electron chi connectivity index (χ0n) is 15.2. The van der Waals surface area contributed by atoms with Crippen LogP contribution in [0.4, 0.5) is 13.2 Å². The third-order valence-electron chi connectivity index (χ3n) is 5.23. The maximum atomic E-state index is 12.8. The zero-order valence-corrected chi connectivity index (χ0v) is 16.0. The van der Waals surface area contributed by atoms with Crippen LogP contribution in [0.15, 0.2) is 58.2 Å². The smallest absolute Gasteiger partial charge is 0.306 e. The second-order valence-corrected chi connectivity index (χ2v) is 8.91. The molecule has 1 aliphatic rings. The van der Waals surface area contributed by atoms with Crippen LogP contribution in [-0.2, 0) is 16.2 Å². The number of halogens is 3. The highest BCUT2D eigenvalue weighted by molar-refractivity contribution is 7.89. The number of piperidine rings is 1. The Bertz CT molecular complexity index is 1190. The lowest BCUT2D eigenvalue weighted by molar-refractivity contribution is -0.137. The molecule has 4 rings (SSSR count). The number of aromatic amines is 1. The van der Waals surface area contributed by atoms with Crippen LogP contribution in [0.3, 0.4) is 0 Å². The first-order valence-electron chi connectivity index (χ1n) is 9.04. The van der Waals surface area contributed by atoms with Gasteiger partial charge in [0.25, 0.3) is 0 Å². The second kappa shape index (κ2) is 7.03. The molecule has 10 heteroatoms. The van der Waals surface area contributed by atoms with Crippen molar-refractivity contribution >= 4 is 21.1 Å². The molecule has 1 aliphatic heterocycles. The van der Waals surface area contributed by atoms with Gasteiger partial charge in [-0.05, 0) is 49.2 Å². The molecule has 2 aromatic carbocycles. The molecule has 6 nitrogen and oxygen atoms in total. The van der Waals surface area contributed by atoms with Gasteiger partial charge in [-0.1, -0.05) is 12.1 Å². The molecule has 29 heavy (non-hydrogen) atoms. The molecule has 0 aliphatic carbocycles. The van der Waals surface area contributed by atoms with E-state index in [4.69, 9.17) is 0 Å². The molecule has 3 aromatic rings. The molecule has 0 unspecified atom stereocenters. The van der Waals surface area contributed by atoms with Crippen molar-refractivity contribution in [3.05, 3.63) is 64.6 Å². The van der Waals surface area contributed by atoms with Gasteiger partial charge in [-0.25, -0.2) is 13.2 Å². The number of H-pyrrole nitrogens is 1. The number of alkyl halides is 3. The van der Waals surface area contributed by atoms with Crippen molar-refractivity contribution in [3.63, 3.8) is 0 Å². The minimum absolute atomic E-state index is 0.155. The summed E-state index contributed by atoms with van der Waals surface area (Å²) < 4.78 is 66.6. The maximum absolute atomic E-state index is 12.8. The van der Waals surface area contributed by atoms with E-state index < -0.39 is 21.8 Å². The molecular formula is C19H18F3N3O3S. The van der Waals surface area contributed by atoms with Crippen LogP contribution in [0, 0.1) is 0 Å². The average Bonchev–Trinajstić information content (AvgIpc) is 3.03. The van der Waals surface area contributed by atoms with Gasteiger partial charge in [-0.3, -0.25) is 4.57 Å². The van der Waals surface area contributed by atoms with E-state index in [1.54, 1.807) is 10.6 Å². The van der Waals surface area contributed by atoms with Crippen molar-refractivity contribution in [3.8, 4) is 0 Å². The lowest BCUT2D eigenvalue weighted by atomic mass is 10.1. The fourth-order valence-corrected chi connectivity index (χ4v) is 5.21. The fourth-order valence-electron chi connectivity index (χ4n) is 3.74. The molecule has 0 bridgehead atoms. The van der Waals surface area contributed by atoms with Gasteiger partial charge < -0.3 is 4.98 Å². The van der Waals surface area contributed by atoms with Crippen molar-refractivity contribution < 1.29 is 21.6 Å². The van der Waals surface area contributed by atoms with E-state index in [1.807, 2.05) is 18.2 Å². The Labute approximate surface area is 164 Å². The van der Waals surface area contributed by atoms with E-state index in [1.165, 1.54) is 4.31 Å². The van der Waals surface area contributed by atoms with Gasteiger partial charge in [0.2, 0.25) is 10.0 Å². The quantitative estimate of drug-likeness (QED) is 0.699. The fraction of sp³-hybridized carbons (Fsp3) is 0.316. The van der Waals surface area contributed by atoms with Crippen molar-refractivity contribution in [2.75, 3.05) is 13.1 Å². The zero-order chi connectivity index (χ0) is 20.8. The minimum Gasteiger partial charge on any atom is -0.306 e. The highest BCUT2D eigenvalue weighted by Crippen LogP contribution is 2.31. The molecule has 1 fully saturated rings. The lowest BCUT2D eigenvalue weighted by Crippen LogP contribution is -2.40. The summed E-state index contributed by atoms with van der Waals surface area (Å²) in [7, 11) is -3.90. The molecule has 2 heterocycles. The van der Waals surface area contributed by atoms with Gasteiger partial charge in [0.1, 0.15) is 0 Å². The molecule has 154 valence electrons. The number of para-hydroxylation sites is 2. The second-order valence-electron chi connectivity index (χ2n) is 6.97. The summed E-state index contributed by atoms with van der Waals surface area (Å²) in [6.07, 6.45) is -3.66. The normalized spacial score (nSPS) is 17.1. The first-order valence-corrected chi connectivity index (χ1v) is 10.5. The number of benzene rings is 2. The van der Waals surface area contributed by atoms with Crippen LogP contribution in [-0.4, -0.2) is 35.4 Å². The summed E-state index contributed by atoms with van der Waals surface area (Å²) >= 11 is 0. The number of hydrogen-bond acceptors (Lipinski definition) is 3. The molecule has 0 spiro atoms. The SMILES string of the molecule is O=c1[nH]c2ccccc2n1C1CCN(S(=O)(=O)c2ccc(C(F)(F)F)cc2)CC1. The average molecular weight is 425 g/mol. The molecule has 1 aromatic heterocycles. The number of nitrogens with one attached hydrogen (secondary N) is 1. The van der Waals surface area contributed by atoms with Crippen LogP contribution in [0.5, 0.6) is 0 Å². The number of sulfonamides is 1. The third kappa shape index (κ3) is 3.58. The predicted octanol–water partition coefficient (Wildman–Crippen LogP) is 3.37. The summed E-state index contributed by atoms with van der Waals surface area (Å²) in [6, 6.07) is 10.6. The highest BCUT2D eigenvalue weighted by atomic mass is 32.2. The van der Waals surface area contributed by atoms with Crippen molar-refractivity contribution in [1.29, 1.82) is 0 Å². The molecule has 1 saturated heterocycles. The Morgan fingerprint density at radius 2 is 1.59 bits per heavy atom. The summed E-state index contributed by atoms with van der Waals surface area (Å²) in [6.45, 7) is 0.361. The van der Waals surface area contributed by atoms with Crippen LogP contribution in [0.2, 0.25) is 0 Å². The Kier molecular flexibility index (Phi) is 4.78. The summed E-state index contributed by atoms with van der Waals surface area (Å²) in [5, 5.41) is 0. The maximum Gasteiger partial charge on any atom is 0.416 e. The van der Waals surface area contributed by atoms with Gasteiger partial charge in [0.15, 0.2) is 0 Å².